The fourth-order valence-electron chi connectivity index (χ4n) is 4.03. The number of aromatic hydroxyl groups is 2. The predicted octanol–water partition coefficient (Wildman–Crippen LogP) is 2.77. The average Bonchev–Trinajstić information content (AvgIpc) is 2.59. The van der Waals surface area contributed by atoms with Crippen LogP contribution in [0.25, 0.3) is 0 Å². The van der Waals surface area contributed by atoms with E-state index in [2.05, 4.69) is 4.90 Å². The first-order valence-corrected chi connectivity index (χ1v) is 8.14. The van der Waals surface area contributed by atoms with Crippen LogP contribution in [-0.2, 0) is 19.4 Å². The molecule has 2 aromatic carbocycles. The van der Waals surface area contributed by atoms with Gasteiger partial charge in [0.2, 0.25) is 0 Å². The normalized spacial score (nSPS) is 19.2. The van der Waals surface area contributed by atoms with Crippen LogP contribution in [0.1, 0.15) is 28.3 Å². The summed E-state index contributed by atoms with van der Waals surface area (Å²) in [5, 5.41) is 20.3. The molecule has 24 heavy (non-hydrogen) atoms. The first-order chi connectivity index (χ1) is 11.6. The van der Waals surface area contributed by atoms with Crippen molar-refractivity contribution in [2.75, 3.05) is 20.8 Å². The van der Waals surface area contributed by atoms with Crippen LogP contribution < -0.4 is 9.47 Å². The molecule has 0 fully saturated rings. The lowest BCUT2D eigenvalue weighted by Gasteiger charge is -2.42. The Bertz CT molecular complexity index is 802. The number of ether oxygens (including phenoxy) is 2. The lowest BCUT2D eigenvalue weighted by Crippen LogP contribution is -2.39. The molecule has 1 unspecified atom stereocenters. The number of phenols is 2. The minimum atomic E-state index is 0.149. The van der Waals surface area contributed by atoms with Crippen LogP contribution in [-0.4, -0.2) is 35.9 Å². The van der Waals surface area contributed by atoms with Gasteiger partial charge in [-0.05, 0) is 47.7 Å². The average molecular weight is 327 g/mol. The maximum Gasteiger partial charge on any atom is 0.165 e. The molecule has 0 aromatic heterocycles. The minimum Gasteiger partial charge on any atom is -0.504 e. The molecule has 0 saturated carbocycles. The van der Waals surface area contributed by atoms with E-state index >= 15 is 0 Å². The van der Waals surface area contributed by atoms with Crippen LogP contribution in [0.15, 0.2) is 24.3 Å². The Morgan fingerprint density at radius 2 is 1.83 bits per heavy atom. The van der Waals surface area contributed by atoms with E-state index in [4.69, 9.17) is 9.47 Å². The van der Waals surface area contributed by atoms with Gasteiger partial charge in [0.1, 0.15) is 0 Å². The quantitative estimate of drug-likeness (QED) is 0.888. The number of rotatable bonds is 2. The summed E-state index contributed by atoms with van der Waals surface area (Å²) in [6.45, 7) is 1.77. The number of phenolic OH excluding ortho intramolecular Hbond substituents is 2. The number of hydrogen-bond acceptors (Lipinski definition) is 5. The molecule has 2 aliphatic heterocycles. The third-order valence-corrected chi connectivity index (χ3v) is 5.20. The van der Waals surface area contributed by atoms with Gasteiger partial charge in [-0.3, -0.25) is 4.90 Å². The van der Waals surface area contributed by atoms with Crippen molar-refractivity contribution in [2.24, 2.45) is 0 Å². The lowest BCUT2D eigenvalue weighted by molar-refractivity contribution is 0.156. The summed E-state index contributed by atoms with van der Waals surface area (Å²) in [4.78, 5) is 2.41. The van der Waals surface area contributed by atoms with Gasteiger partial charge in [0.25, 0.3) is 0 Å². The van der Waals surface area contributed by atoms with Gasteiger partial charge in [-0.25, -0.2) is 0 Å². The highest BCUT2D eigenvalue weighted by molar-refractivity contribution is 5.55. The molecule has 126 valence electrons. The van der Waals surface area contributed by atoms with Crippen molar-refractivity contribution in [3.63, 3.8) is 0 Å². The Morgan fingerprint density at radius 3 is 2.58 bits per heavy atom. The summed E-state index contributed by atoms with van der Waals surface area (Å²) in [6.07, 6.45) is 1.72. The van der Waals surface area contributed by atoms with E-state index in [1.165, 1.54) is 11.1 Å². The van der Waals surface area contributed by atoms with Crippen LogP contribution in [0.4, 0.5) is 0 Å². The molecule has 2 aliphatic rings. The molecule has 2 heterocycles. The van der Waals surface area contributed by atoms with Gasteiger partial charge in [0.15, 0.2) is 23.0 Å². The summed E-state index contributed by atoms with van der Waals surface area (Å²) >= 11 is 0. The number of methoxy groups -OCH3 is 2. The van der Waals surface area contributed by atoms with Gasteiger partial charge < -0.3 is 19.7 Å². The van der Waals surface area contributed by atoms with Crippen molar-refractivity contribution in [3.8, 4) is 23.0 Å². The second-order valence-electron chi connectivity index (χ2n) is 6.42. The van der Waals surface area contributed by atoms with Gasteiger partial charge in [-0.15, -0.1) is 0 Å². The fraction of sp³-hybridized carbons (Fsp3) is 0.368. The molecule has 0 saturated heterocycles. The molecule has 1 atom stereocenters. The summed E-state index contributed by atoms with van der Waals surface area (Å²) in [7, 11) is 3.17. The van der Waals surface area contributed by atoms with Crippen molar-refractivity contribution in [1.29, 1.82) is 0 Å². The van der Waals surface area contributed by atoms with Crippen LogP contribution in [0.2, 0.25) is 0 Å². The molecule has 2 aromatic rings. The number of benzene rings is 2. The lowest BCUT2D eigenvalue weighted by atomic mass is 9.83. The number of hydrogen-bond donors (Lipinski definition) is 2. The van der Waals surface area contributed by atoms with Crippen molar-refractivity contribution in [3.05, 3.63) is 46.5 Å². The van der Waals surface area contributed by atoms with Gasteiger partial charge in [0, 0.05) is 24.7 Å². The van der Waals surface area contributed by atoms with Crippen molar-refractivity contribution >= 4 is 0 Å². The largest absolute Gasteiger partial charge is 0.504 e. The molecule has 5 nitrogen and oxygen atoms in total. The van der Waals surface area contributed by atoms with Gasteiger partial charge >= 0.3 is 0 Å². The first-order valence-electron chi connectivity index (χ1n) is 8.14. The van der Waals surface area contributed by atoms with Gasteiger partial charge in [-0.2, -0.15) is 0 Å². The zero-order chi connectivity index (χ0) is 16.8. The number of nitrogens with zero attached hydrogens (tertiary/aromatic N) is 1. The molecule has 0 amide bonds. The van der Waals surface area contributed by atoms with Crippen LogP contribution >= 0.6 is 0 Å². The van der Waals surface area contributed by atoms with Gasteiger partial charge in [-0.1, -0.05) is 6.07 Å². The van der Waals surface area contributed by atoms with Gasteiger partial charge in [0.05, 0.1) is 14.2 Å². The molecule has 0 bridgehead atoms. The maximum absolute atomic E-state index is 10.2. The smallest absolute Gasteiger partial charge is 0.165 e. The van der Waals surface area contributed by atoms with E-state index in [0.717, 1.165) is 37.1 Å². The monoisotopic (exact) mass is 327 g/mol. The highest BCUT2D eigenvalue weighted by atomic mass is 16.5. The molecular formula is C19H21NO4. The summed E-state index contributed by atoms with van der Waals surface area (Å²) < 4.78 is 10.7. The van der Waals surface area contributed by atoms with Crippen LogP contribution in [0.5, 0.6) is 23.0 Å². The highest BCUT2D eigenvalue weighted by Crippen LogP contribution is 2.46. The van der Waals surface area contributed by atoms with Crippen molar-refractivity contribution in [1.82, 2.24) is 4.90 Å². The van der Waals surface area contributed by atoms with E-state index in [9.17, 15) is 10.2 Å². The molecule has 0 spiro atoms. The Hall–Kier alpha value is -2.40. The summed E-state index contributed by atoms with van der Waals surface area (Å²) in [5.74, 6) is 1.44. The van der Waals surface area contributed by atoms with Crippen molar-refractivity contribution in [2.45, 2.75) is 25.4 Å². The fourth-order valence-corrected chi connectivity index (χ4v) is 4.03. The molecule has 0 radical (unpaired) electrons. The van der Waals surface area contributed by atoms with Crippen LogP contribution in [0, 0.1) is 0 Å². The third-order valence-electron chi connectivity index (χ3n) is 5.20. The maximum atomic E-state index is 10.2. The highest BCUT2D eigenvalue weighted by Gasteiger charge is 2.35. The van der Waals surface area contributed by atoms with E-state index in [0.29, 0.717) is 11.5 Å². The van der Waals surface area contributed by atoms with E-state index < -0.39 is 0 Å². The second-order valence-corrected chi connectivity index (χ2v) is 6.42. The first kappa shape index (κ1) is 15.1. The second kappa shape index (κ2) is 5.60. The Balaban J connectivity index is 1.80. The van der Waals surface area contributed by atoms with E-state index in [-0.39, 0.29) is 17.5 Å². The minimum absolute atomic E-state index is 0.149. The van der Waals surface area contributed by atoms with E-state index in [1.807, 2.05) is 12.1 Å². The molecular weight excluding hydrogens is 306 g/mol. The van der Waals surface area contributed by atoms with Crippen molar-refractivity contribution < 1.29 is 19.7 Å². The third kappa shape index (κ3) is 2.19. The zero-order valence-corrected chi connectivity index (χ0v) is 13.9. The predicted molar refractivity (Wildman–Crippen MR) is 89.9 cm³/mol. The molecule has 2 N–H and O–H groups in total. The Morgan fingerprint density at radius 1 is 1.00 bits per heavy atom. The number of fused-ring (bicyclic) bond motifs is 4. The van der Waals surface area contributed by atoms with E-state index in [1.54, 1.807) is 26.4 Å². The van der Waals surface area contributed by atoms with Crippen LogP contribution in [0.3, 0.4) is 0 Å². The Labute approximate surface area is 141 Å². The summed E-state index contributed by atoms with van der Waals surface area (Å²) in [6, 6.07) is 7.58. The zero-order valence-electron chi connectivity index (χ0n) is 13.9. The molecule has 5 heteroatoms. The SMILES string of the molecule is COc1cc2c(cc1O)CC1c3c(ccc(O)c3OC)CCN1C2. The molecule has 4 rings (SSSR count). The summed E-state index contributed by atoms with van der Waals surface area (Å²) in [5.41, 5.74) is 4.60. The standard InChI is InChI=1S/C19H21NO4/c1-23-17-9-13-10-20-6-5-11-3-4-15(21)19(24-2)18(11)14(20)7-12(13)8-16(17)22/h3-4,8-9,14,21-22H,5-7,10H2,1-2H3. The molecule has 0 aliphatic carbocycles. The topological polar surface area (TPSA) is 62.2 Å². The Kier molecular flexibility index (Phi) is 3.53.